The van der Waals surface area contributed by atoms with Crippen LogP contribution in [0.1, 0.15) is 0 Å². The Morgan fingerprint density at radius 3 is 2.64 bits per heavy atom. The van der Waals surface area contributed by atoms with Crippen LogP contribution in [-0.2, 0) is 4.79 Å². The molecular weight excluding hydrogens is 367 g/mol. The summed E-state index contributed by atoms with van der Waals surface area (Å²) in [6.07, 6.45) is 1.15. The van der Waals surface area contributed by atoms with Crippen molar-refractivity contribution in [1.29, 1.82) is 5.26 Å². The summed E-state index contributed by atoms with van der Waals surface area (Å²) in [5.74, 6) is -0.704. The molecule has 25 heavy (non-hydrogen) atoms. The maximum absolute atomic E-state index is 12.2. The lowest BCUT2D eigenvalue weighted by Crippen LogP contribution is -2.15. The quantitative estimate of drug-likeness (QED) is 0.348. The zero-order valence-corrected chi connectivity index (χ0v) is 14.0. The molecule has 2 rings (SSSR count). The van der Waals surface area contributed by atoms with Gasteiger partial charge in [0.2, 0.25) is 0 Å². The summed E-state index contributed by atoms with van der Waals surface area (Å²) in [7, 11) is 0. The summed E-state index contributed by atoms with van der Waals surface area (Å²) in [6.45, 7) is 0. The number of benzene rings is 2. The van der Waals surface area contributed by atoms with Gasteiger partial charge in [-0.2, -0.15) is 5.26 Å². The van der Waals surface area contributed by atoms with Crippen LogP contribution in [0.3, 0.4) is 0 Å². The van der Waals surface area contributed by atoms with Gasteiger partial charge < -0.3 is 10.6 Å². The minimum absolute atomic E-state index is 0.118. The summed E-state index contributed by atoms with van der Waals surface area (Å²) >= 11 is 11.8. The molecule has 0 spiro atoms. The van der Waals surface area contributed by atoms with Crippen molar-refractivity contribution in [2.75, 3.05) is 10.6 Å². The minimum Gasteiger partial charge on any atom is -0.360 e. The van der Waals surface area contributed by atoms with Gasteiger partial charge in [-0.25, -0.2) is 0 Å². The Hall–Kier alpha value is -3.08. The number of rotatable bonds is 5. The number of hydrogen-bond donors (Lipinski definition) is 2. The standard InChI is InChI=1S/C16H10Cl2N4O3/c17-13-5-2-6-14(15(13)18)21-16(23)10(8-19)9-20-11-3-1-4-12(7-11)22(24)25/h1-7,9,20H,(H,21,23)/b10-9-. The largest absolute Gasteiger partial charge is 0.360 e. The van der Waals surface area contributed by atoms with Gasteiger partial charge in [0, 0.05) is 24.0 Å². The number of halogens is 2. The fourth-order valence-corrected chi connectivity index (χ4v) is 2.15. The number of non-ortho nitro benzene ring substituents is 1. The second kappa shape index (κ2) is 8.15. The normalized spacial score (nSPS) is 10.7. The second-order valence-electron chi connectivity index (χ2n) is 4.68. The third kappa shape index (κ3) is 4.70. The summed E-state index contributed by atoms with van der Waals surface area (Å²) in [5, 5.41) is 25.4. The van der Waals surface area contributed by atoms with E-state index in [0.29, 0.717) is 5.69 Å². The highest BCUT2D eigenvalue weighted by Crippen LogP contribution is 2.29. The lowest BCUT2D eigenvalue weighted by atomic mass is 10.2. The molecule has 2 N–H and O–H groups in total. The van der Waals surface area contributed by atoms with E-state index in [-0.39, 0.29) is 27.0 Å². The van der Waals surface area contributed by atoms with Crippen molar-refractivity contribution < 1.29 is 9.72 Å². The fraction of sp³-hybridized carbons (Fsp3) is 0. The van der Waals surface area contributed by atoms with Gasteiger partial charge in [-0.15, -0.1) is 0 Å². The number of carbonyl (C=O) groups is 1. The number of carbonyl (C=O) groups excluding carboxylic acids is 1. The summed E-state index contributed by atoms with van der Waals surface area (Å²) < 4.78 is 0. The van der Waals surface area contributed by atoms with Gasteiger partial charge in [0.05, 0.1) is 20.7 Å². The van der Waals surface area contributed by atoms with Crippen molar-refractivity contribution in [2.45, 2.75) is 0 Å². The van der Waals surface area contributed by atoms with Crippen molar-refractivity contribution in [3.05, 3.63) is 74.4 Å². The molecule has 0 bridgehead atoms. The Bertz CT molecular complexity index is 906. The zero-order chi connectivity index (χ0) is 18.4. The monoisotopic (exact) mass is 376 g/mol. The summed E-state index contributed by atoms with van der Waals surface area (Å²) in [6, 6.07) is 12.1. The van der Waals surface area contributed by atoms with Crippen LogP contribution in [0.4, 0.5) is 17.1 Å². The van der Waals surface area contributed by atoms with E-state index in [2.05, 4.69) is 10.6 Å². The Morgan fingerprint density at radius 1 is 1.24 bits per heavy atom. The molecule has 0 saturated heterocycles. The lowest BCUT2D eigenvalue weighted by molar-refractivity contribution is -0.384. The highest BCUT2D eigenvalue weighted by molar-refractivity contribution is 6.44. The molecule has 0 saturated carbocycles. The highest BCUT2D eigenvalue weighted by atomic mass is 35.5. The van der Waals surface area contributed by atoms with Crippen molar-refractivity contribution in [2.24, 2.45) is 0 Å². The Morgan fingerprint density at radius 2 is 1.96 bits per heavy atom. The van der Waals surface area contributed by atoms with Crippen LogP contribution in [0.25, 0.3) is 0 Å². The Balaban J connectivity index is 2.16. The van der Waals surface area contributed by atoms with Gasteiger partial charge in [0.1, 0.15) is 11.6 Å². The molecule has 0 radical (unpaired) electrons. The van der Waals surface area contributed by atoms with Gasteiger partial charge in [-0.1, -0.05) is 35.3 Å². The molecule has 126 valence electrons. The topological polar surface area (TPSA) is 108 Å². The maximum Gasteiger partial charge on any atom is 0.271 e. The van der Waals surface area contributed by atoms with Crippen molar-refractivity contribution in [3.8, 4) is 6.07 Å². The molecule has 2 aromatic carbocycles. The van der Waals surface area contributed by atoms with E-state index < -0.39 is 10.8 Å². The van der Waals surface area contributed by atoms with E-state index in [1.165, 1.54) is 24.3 Å². The smallest absolute Gasteiger partial charge is 0.271 e. The first-order valence-corrected chi connectivity index (χ1v) is 7.54. The predicted octanol–water partition coefficient (Wildman–Crippen LogP) is 4.36. The lowest BCUT2D eigenvalue weighted by Gasteiger charge is -2.08. The number of nitriles is 1. The first-order valence-electron chi connectivity index (χ1n) is 6.79. The molecule has 0 aromatic heterocycles. The van der Waals surface area contributed by atoms with Crippen LogP contribution in [0.2, 0.25) is 10.0 Å². The van der Waals surface area contributed by atoms with Crippen molar-refractivity contribution in [3.63, 3.8) is 0 Å². The molecule has 7 nitrogen and oxygen atoms in total. The van der Waals surface area contributed by atoms with E-state index in [1.807, 2.05) is 0 Å². The molecule has 0 atom stereocenters. The highest BCUT2D eigenvalue weighted by Gasteiger charge is 2.13. The number of nitrogens with one attached hydrogen (secondary N) is 2. The van der Waals surface area contributed by atoms with E-state index >= 15 is 0 Å². The molecule has 2 aromatic rings. The number of nitro benzene ring substituents is 1. The molecule has 9 heteroatoms. The van der Waals surface area contributed by atoms with E-state index in [9.17, 15) is 14.9 Å². The minimum atomic E-state index is -0.704. The summed E-state index contributed by atoms with van der Waals surface area (Å²) in [5.41, 5.74) is 0.251. The van der Waals surface area contributed by atoms with E-state index in [0.717, 1.165) is 6.20 Å². The molecule has 1 amide bonds. The molecule has 0 aliphatic heterocycles. The number of anilines is 2. The summed E-state index contributed by atoms with van der Waals surface area (Å²) in [4.78, 5) is 22.3. The molecule has 0 fully saturated rings. The molecule has 0 aliphatic carbocycles. The molecule has 0 unspecified atom stereocenters. The first kappa shape index (κ1) is 18.3. The fourth-order valence-electron chi connectivity index (χ4n) is 1.80. The van der Waals surface area contributed by atoms with Crippen LogP contribution < -0.4 is 10.6 Å². The molecule has 0 aliphatic rings. The number of nitrogens with zero attached hydrogens (tertiary/aromatic N) is 2. The third-order valence-electron chi connectivity index (χ3n) is 3.01. The maximum atomic E-state index is 12.2. The van der Waals surface area contributed by atoms with Crippen LogP contribution in [0, 0.1) is 21.4 Å². The van der Waals surface area contributed by atoms with Gasteiger partial charge >= 0.3 is 0 Å². The van der Waals surface area contributed by atoms with Crippen LogP contribution in [0.5, 0.6) is 0 Å². The van der Waals surface area contributed by atoms with Gasteiger partial charge in [-0.05, 0) is 18.2 Å². The zero-order valence-electron chi connectivity index (χ0n) is 12.5. The second-order valence-corrected chi connectivity index (χ2v) is 5.46. The first-order chi connectivity index (χ1) is 11.9. The van der Waals surface area contributed by atoms with Gasteiger partial charge in [0.25, 0.3) is 11.6 Å². The van der Waals surface area contributed by atoms with Crippen molar-refractivity contribution in [1.82, 2.24) is 0 Å². The number of hydrogen-bond acceptors (Lipinski definition) is 5. The average molecular weight is 377 g/mol. The van der Waals surface area contributed by atoms with Crippen LogP contribution in [-0.4, -0.2) is 10.8 Å². The third-order valence-corrected chi connectivity index (χ3v) is 3.82. The van der Waals surface area contributed by atoms with E-state index in [1.54, 1.807) is 24.3 Å². The predicted molar refractivity (Wildman–Crippen MR) is 95.5 cm³/mol. The Labute approximate surface area is 152 Å². The van der Waals surface area contributed by atoms with Crippen LogP contribution >= 0.6 is 23.2 Å². The molecule has 0 heterocycles. The number of nitro groups is 1. The SMILES string of the molecule is N#C/C(=C/Nc1cccc([N+](=O)[O-])c1)C(=O)Nc1cccc(Cl)c1Cl. The van der Waals surface area contributed by atoms with Gasteiger partial charge in [-0.3, -0.25) is 14.9 Å². The Kier molecular flexibility index (Phi) is 5.95. The van der Waals surface area contributed by atoms with Crippen LogP contribution in [0.15, 0.2) is 54.2 Å². The van der Waals surface area contributed by atoms with Crippen molar-refractivity contribution >= 4 is 46.2 Å². The number of amides is 1. The van der Waals surface area contributed by atoms with Gasteiger partial charge in [0.15, 0.2) is 0 Å². The van der Waals surface area contributed by atoms with E-state index in [4.69, 9.17) is 28.5 Å². The average Bonchev–Trinajstić information content (AvgIpc) is 2.59. The molecular formula is C16H10Cl2N4O3.